The van der Waals surface area contributed by atoms with Crippen molar-refractivity contribution >= 4 is 32.2 Å². The summed E-state index contributed by atoms with van der Waals surface area (Å²) in [6.07, 6.45) is 6.34. The second-order valence-electron chi connectivity index (χ2n) is 18.0. The Morgan fingerprint density at radius 3 is 1.19 bits per heavy atom. The van der Waals surface area contributed by atoms with E-state index in [0.29, 0.717) is 38.5 Å². The van der Waals surface area contributed by atoms with Crippen LogP contribution in [0.3, 0.4) is 0 Å². The molecule has 23 heteroatoms. The van der Waals surface area contributed by atoms with Crippen LogP contribution in [-0.2, 0) is 39.3 Å². The van der Waals surface area contributed by atoms with Gasteiger partial charge in [0.05, 0.1) is 47.1 Å². The minimum atomic E-state index is -4.77. The molecule has 0 aromatic carbocycles. The molecule has 6 rings (SSSR count). The first-order valence-electron chi connectivity index (χ1n) is 19.5. The molecule has 12 unspecified atom stereocenters. The van der Waals surface area contributed by atoms with Crippen LogP contribution in [0.25, 0.3) is 0 Å². The summed E-state index contributed by atoms with van der Waals surface area (Å²) in [5.74, 6) is -2.24. The summed E-state index contributed by atoms with van der Waals surface area (Å²) in [4.78, 5) is 23.9. The van der Waals surface area contributed by atoms with Gasteiger partial charge in [-0.1, -0.05) is 52.0 Å². The van der Waals surface area contributed by atoms with E-state index in [1.54, 1.807) is 0 Å². The zero-order valence-corrected chi connectivity index (χ0v) is 42.9. The molecule has 0 spiro atoms. The Morgan fingerprint density at radius 1 is 0.651 bits per heavy atom. The first-order chi connectivity index (χ1) is 25.9. The van der Waals surface area contributed by atoms with E-state index in [9.17, 15) is 56.0 Å². The maximum Gasteiger partial charge on any atom is 1.00 e. The Kier molecular flexibility index (Phi) is 26.0. The van der Waals surface area contributed by atoms with Crippen LogP contribution < -0.4 is 59.1 Å². The molecular weight excluding hydrogens is 895 g/mol. The summed E-state index contributed by atoms with van der Waals surface area (Å²) in [6.45, 7) is 15.7. The van der Waals surface area contributed by atoms with Gasteiger partial charge in [-0.15, -0.1) is 0 Å². The molecule has 14 N–H and O–H groups in total. The fourth-order valence-electron chi connectivity index (χ4n) is 11.8. The fraction of sp³-hybridized carbons (Fsp3) is 0.750. The van der Waals surface area contributed by atoms with Gasteiger partial charge in [-0.2, -0.15) is 0 Å². The molecule has 0 saturated heterocycles. The number of ether oxygens (including phenoxy) is 2. The number of hydrogen-bond donors (Lipinski definition) is 4. The number of rotatable bonds is 10. The zero-order valence-electron chi connectivity index (χ0n) is 37.3. The Hall–Kier alpha value is -0.640. The number of esters is 2. The molecule has 6 aliphatic rings. The molecule has 356 valence electrons. The second-order valence-corrected chi connectivity index (χ2v) is 21.1. The van der Waals surface area contributed by atoms with Crippen LogP contribution in [0.15, 0.2) is 47.6 Å². The van der Waals surface area contributed by atoms with E-state index >= 15 is 0 Å². The van der Waals surface area contributed by atoms with Crippen molar-refractivity contribution in [1.29, 1.82) is 0 Å². The molecule has 0 bridgehead atoms. The smallest absolute Gasteiger partial charge is 0.747 e. The minimum Gasteiger partial charge on any atom is -0.747 e. The molecule has 0 radical (unpaired) electrons. The Morgan fingerprint density at radius 2 is 0.952 bits per heavy atom. The normalized spacial score (nSPS) is 35.5. The van der Waals surface area contributed by atoms with Crippen molar-refractivity contribution in [2.24, 2.45) is 45.3 Å². The maximum atomic E-state index is 12.0. The van der Waals surface area contributed by atoms with Crippen LogP contribution in [0.2, 0.25) is 0 Å². The first-order valence-corrected chi connectivity index (χ1v) is 22.4. The van der Waals surface area contributed by atoms with E-state index in [-0.39, 0.29) is 161 Å². The topological polar surface area (TPSA) is 405 Å². The maximum absolute atomic E-state index is 12.0. The molecular formula is C40H68Na2O19S2. The number of cyclic esters (lactones) is 2. The molecule has 63 heavy (non-hydrogen) atoms. The monoisotopic (exact) mass is 962 g/mol. The van der Waals surface area contributed by atoms with Crippen molar-refractivity contribution in [3.05, 3.63) is 47.6 Å². The third-order valence-electron chi connectivity index (χ3n) is 15.2. The molecule has 2 heterocycles. The zero-order chi connectivity index (χ0) is 41.8. The van der Waals surface area contributed by atoms with Crippen molar-refractivity contribution in [3.63, 3.8) is 0 Å². The Balaban J connectivity index is -0.00000103. The number of aliphatic hydroxyl groups is 4. The third-order valence-corrected chi connectivity index (χ3v) is 17.5. The molecule has 4 fully saturated rings. The average molecular weight is 963 g/mol. The number of fused-ring (bicyclic) bond motifs is 2. The number of aliphatic hydroxyl groups excluding tert-OH is 4. The fourth-order valence-corrected chi connectivity index (χ4v) is 13.6. The van der Waals surface area contributed by atoms with Crippen LogP contribution >= 0.6 is 0 Å². The molecule has 19 nitrogen and oxygen atoms in total. The van der Waals surface area contributed by atoms with Crippen molar-refractivity contribution < 1.29 is 152 Å². The van der Waals surface area contributed by atoms with E-state index < -0.39 is 76.5 Å². The van der Waals surface area contributed by atoms with Crippen molar-refractivity contribution in [1.82, 2.24) is 0 Å². The quantitative estimate of drug-likeness (QED) is 0.0685. The number of carbonyl (C=O) groups is 2. The molecule has 4 aliphatic carbocycles. The van der Waals surface area contributed by atoms with Gasteiger partial charge < -0.3 is 66.4 Å². The van der Waals surface area contributed by atoms with Gasteiger partial charge in [0.1, 0.15) is 33.5 Å². The predicted octanol–water partition coefficient (Wildman–Crippen LogP) is -7.08. The summed E-state index contributed by atoms with van der Waals surface area (Å²) in [5.41, 5.74) is -0.737. The SMILES string of the molecule is C=C1CCC2C(C)(CO)C(O)CCC2(C)C1CC(C1=CCOC1=O)S(=O)(=O)[O-].C=C1CCC2C(C)(CO)C(O)CCC2(C)C1CC(C1=CCOC1=O)S(=O)(=O)[O-].O.O.O.O.O.[Na+].[Na+]. The molecule has 0 amide bonds. The van der Waals surface area contributed by atoms with Crippen LogP contribution in [0, 0.1) is 45.3 Å². The van der Waals surface area contributed by atoms with Crippen molar-refractivity contribution in [3.8, 4) is 0 Å². The predicted molar refractivity (Wildman–Crippen MR) is 220 cm³/mol. The van der Waals surface area contributed by atoms with Crippen molar-refractivity contribution in [2.45, 2.75) is 115 Å². The average Bonchev–Trinajstić information content (AvgIpc) is 3.74. The summed E-state index contributed by atoms with van der Waals surface area (Å²) >= 11 is 0. The molecule has 2 aliphatic heterocycles. The van der Waals surface area contributed by atoms with Crippen LogP contribution in [-0.4, -0.2) is 135 Å². The van der Waals surface area contributed by atoms with E-state index in [1.807, 2.05) is 27.7 Å². The van der Waals surface area contributed by atoms with Gasteiger partial charge in [0.15, 0.2) is 0 Å². The van der Waals surface area contributed by atoms with Crippen LogP contribution in [0.5, 0.6) is 0 Å². The second kappa shape index (κ2) is 24.6. The molecule has 0 aromatic heterocycles. The van der Waals surface area contributed by atoms with Gasteiger partial charge in [-0.25, -0.2) is 26.4 Å². The van der Waals surface area contributed by atoms with Gasteiger partial charge in [0.25, 0.3) is 0 Å². The molecule has 0 aromatic rings. The van der Waals surface area contributed by atoms with Gasteiger partial charge in [-0.3, -0.25) is 0 Å². The van der Waals surface area contributed by atoms with E-state index in [1.165, 1.54) is 12.2 Å². The van der Waals surface area contributed by atoms with E-state index in [0.717, 1.165) is 24.0 Å². The van der Waals surface area contributed by atoms with Gasteiger partial charge in [-0.05, 0) is 111 Å². The van der Waals surface area contributed by atoms with E-state index in [4.69, 9.17) is 9.47 Å². The summed E-state index contributed by atoms with van der Waals surface area (Å²) in [7, 11) is -9.55. The summed E-state index contributed by atoms with van der Waals surface area (Å²) < 4.78 is 81.8. The molecule has 12 atom stereocenters. The summed E-state index contributed by atoms with van der Waals surface area (Å²) in [5, 5.41) is 38.2. The largest absolute Gasteiger partial charge is 1.00 e. The Labute approximate surface area is 414 Å². The standard InChI is InChI=1S/2C20H30O7S.2Na.5H2O/c2*1-12-4-5-16-19(2,8-6-17(22)20(16,3)11-21)14(12)10-15(28(24,25)26)13-7-9-27-18(13)23;;;;;;;/h2*7,14-17,21-22H,1,4-6,8-11H2,2-3H3,(H,24,25,26);;;5*1H2/q;;2*+1;;;;;/p-2. The van der Waals surface area contributed by atoms with E-state index in [2.05, 4.69) is 13.2 Å². The molecule has 4 saturated carbocycles. The minimum absolute atomic E-state index is 0. The van der Waals surface area contributed by atoms with Gasteiger partial charge in [0.2, 0.25) is 0 Å². The van der Waals surface area contributed by atoms with Gasteiger partial charge in [0, 0.05) is 10.8 Å². The summed E-state index contributed by atoms with van der Waals surface area (Å²) in [6, 6.07) is 0. The number of carbonyl (C=O) groups excluding carboxylic acids is 2. The first kappa shape index (κ1) is 66.6. The third kappa shape index (κ3) is 12.5. The van der Waals surface area contributed by atoms with Crippen molar-refractivity contribution in [2.75, 3.05) is 26.4 Å². The van der Waals surface area contributed by atoms with Gasteiger partial charge >= 0.3 is 71.1 Å². The number of allylic oxidation sites excluding steroid dienone is 2. The van der Waals surface area contributed by atoms with Crippen LogP contribution in [0.1, 0.15) is 91.9 Å². The number of hydrogen-bond acceptors (Lipinski definition) is 14. The Bertz CT molecular complexity index is 1760. The van der Waals surface area contributed by atoms with Crippen LogP contribution in [0.4, 0.5) is 0 Å².